The van der Waals surface area contributed by atoms with Gasteiger partial charge >= 0.3 is 0 Å². The van der Waals surface area contributed by atoms with Gasteiger partial charge in [-0.2, -0.15) is 0 Å². The number of benzene rings is 1. The number of nitrogens with zero attached hydrogens (tertiary/aromatic N) is 1. The number of fused-ring (bicyclic) bond motifs is 2. The lowest BCUT2D eigenvalue weighted by atomic mass is 9.75. The summed E-state index contributed by atoms with van der Waals surface area (Å²) >= 11 is 0. The highest BCUT2D eigenvalue weighted by atomic mass is 15.2. The molecule has 0 aromatic heterocycles. The highest BCUT2D eigenvalue weighted by Gasteiger charge is 2.45. The molecule has 2 aliphatic heterocycles. The molecule has 1 nitrogen and oxygen atoms in total. The molecule has 1 fully saturated rings. The molecule has 1 saturated heterocycles. The minimum atomic E-state index is 0.390. The molecule has 0 unspecified atom stereocenters. The molecule has 90 valence electrons. The first-order chi connectivity index (χ1) is 8.25. The van der Waals surface area contributed by atoms with Crippen LogP contribution in [0.25, 0.3) is 0 Å². The van der Waals surface area contributed by atoms with E-state index in [4.69, 9.17) is 0 Å². The Kier molecular flexibility index (Phi) is 2.50. The van der Waals surface area contributed by atoms with Crippen molar-refractivity contribution in [2.24, 2.45) is 0 Å². The topological polar surface area (TPSA) is 3.24 Å². The highest BCUT2D eigenvalue weighted by Crippen LogP contribution is 2.46. The maximum Gasteiger partial charge on any atom is 0.0293 e. The van der Waals surface area contributed by atoms with Crippen LogP contribution >= 0.6 is 0 Å². The van der Waals surface area contributed by atoms with Gasteiger partial charge < -0.3 is 4.90 Å². The van der Waals surface area contributed by atoms with Gasteiger partial charge in [0.15, 0.2) is 0 Å². The Labute approximate surface area is 104 Å². The zero-order valence-electron chi connectivity index (χ0n) is 10.8. The molecule has 2 bridgehead atoms. The van der Waals surface area contributed by atoms with E-state index in [-0.39, 0.29) is 0 Å². The van der Waals surface area contributed by atoms with Gasteiger partial charge in [0.1, 0.15) is 0 Å². The first kappa shape index (κ1) is 10.9. The van der Waals surface area contributed by atoms with E-state index in [9.17, 15) is 0 Å². The monoisotopic (exact) mass is 227 g/mol. The lowest BCUT2D eigenvalue weighted by Gasteiger charge is -2.34. The van der Waals surface area contributed by atoms with E-state index in [1.165, 1.54) is 37.1 Å². The van der Waals surface area contributed by atoms with Crippen LogP contribution in [0.2, 0.25) is 0 Å². The molecule has 1 aromatic carbocycles. The Bertz CT molecular complexity index is 434. The maximum atomic E-state index is 2.62. The van der Waals surface area contributed by atoms with E-state index in [2.05, 4.69) is 55.2 Å². The first-order valence-electron chi connectivity index (χ1n) is 6.74. The van der Waals surface area contributed by atoms with Gasteiger partial charge in [-0.05, 0) is 31.7 Å². The predicted octanol–water partition coefficient (Wildman–Crippen LogP) is 3.72. The van der Waals surface area contributed by atoms with Crippen molar-refractivity contribution in [2.45, 2.75) is 44.6 Å². The number of rotatable bonds is 2. The third kappa shape index (κ3) is 1.60. The van der Waals surface area contributed by atoms with Crippen LogP contribution in [0.15, 0.2) is 42.1 Å². The average Bonchev–Trinajstić information content (AvgIpc) is 2.71. The maximum absolute atomic E-state index is 2.62. The SMILES string of the molecule is CC[C@@H]1C[C@@]2(c3ccccc3)CC=C(C)N1C2. The molecule has 0 saturated carbocycles. The van der Waals surface area contributed by atoms with Gasteiger partial charge in [-0.1, -0.05) is 43.3 Å². The van der Waals surface area contributed by atoms with Crippen LogP contribution < -0.4 is 0 Å². The van der Waals surface area contributed by atoms with Gasteiger partial charge in [0, 0.05) is 23.7 Å². The van der Waals surface area contributed by atoms with Crippen LogP contribution in [0.5, 0.6) is 0 Å². The fourth-order valence-electron chi connectivity index (χ4n) is 3.59. The summed E-state index contributed by atoms with van der Waals surface area (Å²) in [6, 6.07) is 11.8. The Morgan fingerprint density at radius 1 is 1.29 bits per heavy atom. The fourth-order valence-corrected chi connectivity index (χ4v) is 3.59. The zero-order chi connectivity index (χ0) is 11.9. The van der Waals surface area contributed by atoms with Gasteiger partial charge in [-0.25, -0.2) is 0 Å². The molecule has 3 rings (SSSR count). The standard InChI is InChI=1S/C16H21N/c1-3-15-11-16(14-7-5-4-6-8-14)10-9-13(2)17(15)12-16/h4-9,15H,3,10-12H2,1-2H3/t15-,16+/m1/s1. The largest absolute Gasteiger partial charge is 0.371 e. The Morgan fingerprint density at radius 2 is 2.06 bits per heavy atom. The molecule has 0 amide bonds. The van der Waals surface area contributed by atoms with Gasteiger partial charge in [0.2, 0.25) is 0 Å². The zero-order valence-corrected chi connectivity index (χ0v) is 10.8. The van der Waals surface area contributed by atoms with Crippen LogP contribution in [0.3, 0.4) is 0 Å². The van der Waals surface area contributed by atoms with Crippen molar-refractivity contribution in [2.75, 3.05) is 6.54 Å². The van der Waals surface area contributed by atoms with E-state index in [1.807, 2.05) is 0 Å². The molecule has 1 aromatic rings. The van der Waals surface area contributed by atoms with Crippen molar-refractivity contribution in [1.82, 2.24) is 4.90 Å². The van der Waals surface area contributed by atoms with Crippen molar-refractivity contribution >= 4 is 0 Å². The van der Waals surface area contributed by atoms with Gasteiger partial charge in [0.05, 0.1) is 0 Å². The summed E-state index contributed by atoms with van der Waals surface area (Å²) in [5.41, 5.74) is 3.41. The second-order valence-electron chi connectivity index (χ2n) is 5.59. The number of hydrogen-bond acceptors (Lipinski definition) is 1. The lowest BCUT2D eigenvalue weighted by molar-refractivity contribution is 0.295. The van der Waals surface area contributed by atoms with Crippen LogP contribution in [0.1, 0.15) is 38.7 Å². The van der Waals surface area contributed by atoms with E-state index in [0.29, 0.717) is 5.41 Å². The fraction of sp³-hybridized carbons (Fsp3) is 0.500. The van der Waals surface area contributed by atoms with E-state index < -0.39 is 0 Å². The third-order valence-electron chi connectivity index (χ3n) is 4.64. The second-order valence-corrected chi connectivity index (χ2v) is 5.59. The lowest BCUT2D eigenvalue weighted by Crippen LogP contribution is -2.34. The van der Waals surface area contributed by atoms with Gasteiger partial charge in [-0.3, -0.25) is 0 Å². The molecule has 2 heterocycles. The summed E-state index contributed by atoms with van der Waals surface area (Å²) in [7, 11) is 0. The Hall–Kier alpha value is -1.24. The molecule has 0 radical (unpaired) electrons. The van der Waals surface area contributed by atoms with Crippen molar-refractivity contribution in [3.05, 3.63) is 47.7 Å². The quantitative estimate of drug-likeness (QED) is 0.744. The van der Waals surface area contributed by atoms with Crippen molar-refractivity contribution < 1.29 is 0 Å². The summed E-state index contributed by atoms with van der Waals surface area (Å²) < 4.78 is 0. The molecule has 17 heavy (non-hydrogen) atoms. The van der Waals surface area contributed by atoms with Crippen molar-refractivity contribution in [1.29, 1.82) is 0 Å². The molecule has 2 atom stereocenters. The van der Waals surface area contributed by atoms with Crippen molar-refractivity contribution in [3.8, 4) is 0 Å². The smallest absolute Gasteiger partial charge is 0.0293 e. The second kappa shape index (κ2) is 3.90. The summed E-state index contributed by atoms with van der Waals surface area (Å²) in [6.07, 6.45) is 6.24. The summed E-state index contributed by atoms with van der Waals surface area (Å²) in [5.74, 6) is 0. The van der Waals surface area contributed by atoms with Crippen LogP contribution in [0.4, 0.5) is 0 Å². The molecule has 0 N–H and O–H groups in total. The average molecular weight is 227 g/mol. The molecule has 1 heteroatoms. The van der Waals surface area contributed by atoms with Crippen LogP contribution in [0, 0.1) is 0 Å². The van der Waals surface area contributed by atoms with Crippen LogP contribution in [-0.4, -0.2) is 17.5 Å². The molecule has 0 aliphatic carbocycles. The number of hydrogen-bond donors (Lipinski definition) is 0. The minimum Gasteiger partial charge on any atom is -0.371 e. The highest BCUT2D eigenvalue weighted by molar-refractivity contribution is 5.33. The molecular formula is C16H21N. The molecular weight excluding hydrogens is 206 g/mol. The summed E-state index contributed by atoms with van der Waals surface area (Å²) in [5, 5.41) is 0. The summed E-state index contributed by atoms with van der Waals surface area (Å²) in [6.45, 7) is 5.80. The number of allylic oxidation sites excluding steroid dienone is 2. The minimum absolute atomic E-state index is 0.390. The van der Waals surface area contributed by atoms with Gasteiger partial charge in [0.25, 0.3) is 0 Å². The third-order valence-corrected chi connectivity index (χ3v) is 4.64. The van der Waals surface area contributed by atoms with E-state index >= 15 is 0 Å². The predicted molar refractivity (Wildman–Crippen MR) is 71.9 cm³/mol. The van der Waals surface area contributed by atoms with E-state index in [1.54, 1.807) is 0 Å². The van der Waals surface area contributed by atoms with Crippen molar-refractivity contribution in [3.63, 3.8) is 0 Å². The normalized spacial score (nSPS) is 31.5. The Balaban J connectivity index is 2.00. The first-order valence-corrected chi connectivity index (χ1v) is 6.74. The van der Waals surface area contributed by atoms with E-state index in [0.717, 1.165) is 6.04 Å². The summed E-state index contributed by atoms with van der Waals surface area (Å²) in [4.78, 5) is 2.62. The Morgan fingerprint density at radius 3 is 2.76 bits per heavy atom. The van der Waals surface area contributed by atoms with Gasteiger partial charge in [-0.15, -0.1) is 0 Å². The van der Waals surface area contributed by atoms with Crippen LogP contribution in [-0.2, 0) is 5.41 Å². The molecule has 2 aliphatic rings. The molecule has 0 spiro atoms.